The molecule has 1 aromatic heterocycles. The number of halogens is 1. The Balaban J connectivity index is 1.72. The topological polar surface area (TPSA) is 29.3 Å². The number of hydrogen-bond donors (Lipinski definition) is 0. The predicted octanol–water partition coefficient (Wildman–Crippen LogP) is 4.10. The summed E-state index contributed by atoms with van der Waals surface area (Å²) in [6, 6.07) is 9.22. The van der Waals surface area contributed by atoms with Crippen LogP contribution < -0.4 is 0 Å². The van der Waals surface area contributed by atoms with Crippen molar-refractivity contribution < 1.29 is 8.91 Å². The van der Waals surface area contributed by atoms with Gasteiger partial charge in [0.15, 0.2) is 0 Å². The van der Waals surface area contributed by atoms with Gasteiger partial charge < -0.3 is 4.52 Å². The zero-order valence-electron chi connectivity index (χ0n) is 12.4. The number of hydrogen-bond acceptors (Lipinski definition) is 3. The Morgan fingerprint density at radius 3 is 3.10 bits per heavy atom. The minimum Gasteiger partial charge on any atom is -0.361 e. The van der Waals surface area contributed by atoms with Gasteiger partial charge in [-0.05, 0) is 43.5 Å². The van der Waals surface area contributed by atoms with Crippen molar-refractivity contribution in [3.05, 3.63) is 53.2 Å². The fraction of sp³-hybridized carbons (Fsp3) is 0.471. The van der Waals surface area contributed by atoms with E-state index in [0.717, 1.165) is 55.8 Å². The molecule has 0 saturated carbocycles. The molecular formula is C17H21FN2O. The van der Waals surface area contributed by atoms with E-state index in [1.54, 1.807) is 12.1 Å². The van der Waals surface area contributed by atoms with Crippen LogP contribution in [0, 0.1) is 5.82 Å². The summed E-state index contributed by atoms with van der Waals surface area (Å²) in [4.78, 5) is 2.36. The van der Waals surface area contributed by atoms with Crippen molar-refractivity contribution in [2.24, 2.45) is 0 Å². The molecule has 0 spiro atoms. The molecule has 1 aliphatic rings. The molecule has 0 amide bonds. The fourth-order valence-electron chi connectivity index (χ4n) is 3.07. The maximum atomic E-state index is 13.3. The van der Waals surface area contributed by atoms with Gasteiger partial charge in [-0.3, -0.25) is 4.90 Å². The van der Waals surface area contributed by atoms with Crippen LogP contribution in [-0.4, -0.2) is 16.6 Å². The summed E-state index contributed by atoms with van der Waals surface area (Å²) < 4.78 is 18.7. The molecule has 1 saturated heterocycles. The summed E-state index contributed by atoms with van der Waals surface area (Å²) in [6.07, 6.45) is 4.24. The zero-order valence-corrected chi connectivity index (χ0v) is 12.4. The van der Waals surface area contributed by atoms with Crippen LogP contribution in [0.4, 0.5) is 4.39 Å². The van der Waals surface area contributed by atoms with Crippen LogP contribution in [0.2, 0.25) is 0 Å². The van der Waals surface area contributed by atoms with E-state index >= 15 is 0 Å². The van der Waals surface area contributed by atoms with Gasteiger partial charge in [-0.1, -0.05) is 24.2 Å². The summed E-state index contributed by atoms with van der Waals surface area (Å²) in [7, 11) is 0. The average molecular weight is 288 g/mol. The molecule has 1 aromatic carbocycles. The van der Waals surface area contributed by atoms with E-state index in [1.165, 1.54) is 6.07 Å². The molecule has 0 N–H and O–H groups in total. The number of likely N-dealkylation sites (tertiary alicyclic amines) is 1. The highest BCUT2D eigenvalue weighted by Crippen LogP contribution is 2.33. The minimum atomic E-state index is -0.171. The van der Waals surface area contributed by atoms with Gasteiger partial charge in [-0.25, -0.2) is 4.39 Å². The van der Waals surface area contributed by atoms with Gasteiger partial charge >= 0.3 is 0 Å². The molecule has 0 bridgehead atoms. The highest BCUT2D eigenvalue weighted by atomic mass is 19.1. The number of aromatic nitrogens is 1. The Labute approximate surface area is 124 Å². The first kappa shape index (κ1) is 14.3. The molecule has 0 aliphatic carbocycles. The van der Waals surface area contributed by atoms with Crippen molar-refractivity contribution in [2.75, 3.05) is 6.54 Å². The van der Waals surface area contributed by atoms with E-state index in [9.17, 15) is 4.39 Å². The highest BCUT2D eigenvalue weighted by Gasteiger charge is 2.28. The van der Waals surface area contributed by atoms with Crippen LogP contribution in [-0.2, 0) is 13.0 Å². The fourth-order valence-corrected chi connectivity index (χ4v) is 3.07. The average Bonchev–Trinajstić information content (AvgIpc) is 3.08. The molecule has 1 unspecified atom stereocenters. The van der Waals surface area contributed by atoms with Gasteiger partial charge in [0.25, 0.3) is 0 Å². The van der Waals surface area contributed by atoms with E-state index in [2.05, 4.69) is 23.0 Å². The maximum Gasteiger partial charge on any atom is 0.137 e. The summed E-state index contributed by atoms with van der Waals surface area (Å²) in [6.45, 7) is 3.92. The highest BCUT2D eigenvalue weighted by molar-refractivity contribution is 5.18. The second-order valence-corrected chi connectivity index (χ2v) is 5.73. The summed E-state index contributed by atoms with van der Waals surface area (Å²) in [5, 5.41) is 4.24. The zero-order chi connectivity index (χ0) is 14.7. The molecule has 1 aliphatic heterocycles. The van der Waals surface area contributed by atoms with Crippen LogP contribution in [0.15, 0.2) is 34.9 Å². The van der Waals surface area contributed by atoms with Gasteiger partial charge in [0.2, 0.25) is 0 Å². The third-order valence-corrected chi connectivity index (χ3v) is 4.05. The lowest BCUT2D eigenvalue weighted by atomic mass is 10.1. The molecule has 0 radical (unpaired) electrons. The van der Waals surface area contributed by atoms with E-state index in [-0.39, 0.29) is 5.82 Å². The second kappa shape index (κ2) is 6.39. The van der Waals surface area contributed by atoms with E-state index < -0.39 is 0 Å². The molecule has 3 rings (SSSR count). The Morgan fingerprint density at radius 1 is 1.38 bits per heavy atom. The maximum absolute atomic E-state index is 13.3. The lowest BCUT2D eigenvalue weighted by Gasteiger charge is -2.22. The van der Waals surface area contributed by atoms with Crippen LogP contribution in [0.1, 0.15) is 49.2 Å². The normalized spacial score (nSPS) is 19.2. The van der Waals surface area contributed by atoms with E-state index in [0.29, 0.717) is 6.04 Å². The van der Waals surface area contributed by atoms with E-state index in [1.807, 2.05) is 6.07 Å². The Morgan fingerprint density at radius 2 is 2.29 bits per heavy atom. The molecule has 3 nitrogen and oxygen atoms in total. The van der Waals surface area contributed by atoms with Gasteiger partial charge in [0, 0.05) is 19.0 Å². The molecule has 1 fully saturated rings. The van der Waals surface area contributed by atoms with Crippen molar-refractivity contribution in [1.29, 1.82) is 0 Å². The minimum absolute atomic E-state index is 0.171. The molecule has 4 heteroatoms. The molecule has 21 heavy (non-hydrogen) atoms. The second-order valence-electron chi connectivity index (χ2n) is 5.73. The van der Waals surface area contributed by atoms with Crippen molar-refractivity contribution >= 4 is 0 Å². The van der Waals surface area contributed by atoms with Gasteiger partial charge in [-0.2, -0.15) is 0 Å². The number of nitrogens with zero attached hydrogens (tertiary/aromatic N) is 2. The first-order valence-electron chi connectivity index (χ1n) is 7.70. The quantitative estimate of drug-likeness (QED) is 0.829. The molecule has 2 aromatic rings. The summed E-state index contributed by atoms with van der Waals surface area (Å²) >= 11 is 0. The van der Waals surface area contributed by atoms with Crippen molar-refractivity contribution in [2.45, 2.75) is 45.2 Å². The van der Waals surface area contributed by atoms with Crippen molar-refractivity contribution in [1.82, 2.24) is 10.1 Å². The first-order chi connectivity index (χ1) is 10.3. The van der Waals surface area contributed by atoms with Crippen LogP contribution in [0.25, 0.3) is 0 Å². The molecular weight excluding hydrogens is 267 g/mol. The van der Waals surface area contributed by atoms with Crippen LogP contribution in [0.3, 0.4) is 0 Å². The largest absolute Gasteiger partial charge is 0.361 e. The SMILES string of the molecule is CCCc1cc(C2CCCN2Cc2cccc(F)c2)no1. The standard InChI is InChI=1S/C17H21FN2O/c1-2-5-15-11-16(19-21-15)17-8-4-9-20(17)12-13-6-3-7-14(18)10-13/h3,6-7,10-11,17H,2,4-5,8-9,12H2,1H3. The van der Waals surface area contributed by atoms with Crippen LogP contribution in [0.5, 0.6) is 0 Å². The van der Waals surface area contributed by atoms with Crippen LogP contribution >= 0.6 is 0 Å². The lowest BCUT2D eigenvalue weighted by Crippen LogP contribution is -2.23. The van der Waals surface area contributed by atoms with Crippen molar-refractivity contribution in [3.8, 4) is 0 Å². The number of benzene rings is 1. The first-order valence-corrected chi connectivity index (χ1v) is 7.70. The molecule has 112 valence electrons. The van der Waals surface area contributed by atoms with Gasteiger partial charge in [0.1, 0.15) is 17.3 Å². The molecule has 2 heterocycles. The predicted molar refractivity (Wildman–Crippen MR) is 79.3 cm³/mol. The Bertz CT molecular complexity index is 596. The number of rotatable bonds is 5. The summed E-state index contributed by atoms with van der Waals surface area (Å²) in [5.74, 6) is 0.792. The lowest BCUT2D eigenvalue weighted by molar-refractivity contribution is 0.236. The van der Waals surface area contributed by atoms with Crippen molar-refractivity contribution in [3.63, 3.8) is 0 Å². The van der Waals surface area contributed by atoms with Gasteiger partial charge in [0.05, 0.1) is 6.04 Å². The van der Waals surface area contributed by atoms with E-state index in [4.69, 9.17) is 4.52 Å². The molecule has 1 atom stereocenters. The third-order valence-electron chi connectivity index (χ3n) is 4.05. The summed E-state index contributed by atoms with van der Waals surface area (Å²) in [5.41, 5.74) is 2.03. The number of aryl methyl sites for hydroxylation is 1. The third kappa shape index (κ3) is 3.32. The smallest absolute Gasteiger partial charge is 0.137 e. The Hall–Kier alpha value is -1.68. The Kier molecular flexibility index (Phi) is 4.34. The van der Waals surface area contributed by atoms with Gasteiger partial charge in [-0.15, -0.1) is 0 Å². The monoisotopic (exact) mass is 288 g/mol.